The first kappa shape index (κ1) is 14.8. The lowest BCUT2D eigenvalue weighted by molar-refractivity contribution is -0.149. The highest BCUT2D eigenvalue weighted by molar-refractivity contribution is 5.92. The Bertz CT molecular complexity index is 721. The van der Waals surface area contributed by atoms with Crippen molar-refractivity contribution in [3.63, 3.8) is 0 Å². The van der Waals surface area contributed by atoms with Gasteiger partial charge in [0.05, 0.1) is 23.7 Å². The molecule has 0 bridgehead atoms. The van der Waals surface area contributed by atoms with Crippen LogP contribution in [0.5, 0.6) is 0 Å². The fourth-order valence-electron chi connectivity index (χ4n) is 1.83. The Hall–Kier alpha value is -2.58. The maximum atomic E-state index is 12.9. The number of hydrogen-bond acceptors (Lipinski definition) is 4. The number of benzene rings is 1. The normalized spacial score (nSPS) is 11.6. The Morgan fingerprint density at radius 2 is 2.05 bits per heavy atom. The molecule has 0 atom stereocenters. The van der Waals surface area contributed by atoms with Gasteiger partial charge in [0.25, 0.3) is 0 Å². The van der Waals surface area contributed by atoms with Crippen LogP contribution in [0, 0.1) is 0 Å². The number of ether oxygens (including phenoxy) is 1. The standard InChI is InChI=1S/C12H9F3N2O4/c1-21-9(18)5-17-8-4-6(10(19)20)2-3-7(8)16-11(17)12(13,14)15/h2-4H,5H2,1H3,(H,19,20). The average molecular weight is 302 g/mol. The largest absolute Gasteiger partial charge is 0.478 e. The van der Waals surface area contributed by atoms with Gasteiger partial charge in [0.15, 0.2) is 0 Å². The number of nitrogens with zero attached hydrogens (tertiary/aromatic N) is 2. The minimum absolute atomic E-state index is 0.0590. The van der Waals surface area contributed by atoms with Crippen molar-refractivity contribution >= 4 is 23.0 Å². The molecule has 0 amide bonds. The van der Waals surface area contributed by atoms with Gasteiger partial charge >= 0.3 is 18.1 Å². The molecule has 1 N–H and O–H groups in total. The molecular weight excluding hydrogens is 293 g/mol. The van der Waals surface area contributed by atoms with Crippen molar-refractivity contribution in [1.29, 1.82) is 0 Å². The molecule has 0 aliphatic carbocycles. The Morgan fingerprint density at radius 3 is 2.57 bits per heavy atom. The molecule has 0 saturated carbocycles. The van der Waals surface area contributed by atoms with E-state index in [1.807, 2.05) is 0 Å². The number of halogens is 3. The minimum atomic E-state index is -4.78. The number of aromatic carboxylic acids is 1. The van der Waals surface area contributed by atoms with Gasteiger partial charge in [-0.3, -0.25) is 4.79 Å². The summed E-state index contributed by atoms with van der Waals surface area (Å²) in [5.41, 5.74) is -0.369. The summed E-state index contributed by atoms with van der Waals surface area (Å²) in [4.78, 5) is 25.6. The highest BCUT2D eigenvalue weighted by Crippen LogP contribution is 2.31. The smallest absolute Gasteiger partial charge is 0.449 e. The number of alkyl halides is 3. The van der Waals surface area contributed by atoms with Crippen LogP contribution < -0.4 is 0 Å². The Kier molecular flexibility index (Phi) is 3.58. The van der Waals surface area contributed by atoms with Gasteiger partial charge in [0.1, 0.15) is 6.54 Å². The second-order valence-corrected chi connectivity index (χ2v) is 4.10. The lowest BCUT2D eigenvalue weighted by atomic mass is 10.2. The molecule has 0 aliphatic rings. The summed E-state index contributed by atoms with van der Waals surface area (Å²) in [6, 6.07) is 3.32. The molecule has 1 aromatic heterocycles. The van der Waals surface area contributed by atoms with Crippen LogP contribution in [0.2, 0.25) is 0 Å². The summed E-state index contributed by atoms with van der Waals surface area (Å²) >= 11 is 0. The number of carboxylic acids is 1. The Labute approximate surface area is 115 Å². The number of rotatable bonds is 3. The van der Waals surface area contributed by atoms with Gasteiger partial charge < -0.3 is 14.4 Å². The molecule has 0 unspecified atom stereocenters. The molecule has 6 nitrogen and oxygen atoms in total. The molecular formula is C12H9F3N2O4. The van der Waals surface area contributed by atoms with Crippen LogP contribution in [0.4, 0.5) is 13.2 Å². The number of fused-ring (bicyclic) bond motifs is 1. The minimum Gasteiger partial charge on any atom is -0.478 e. The van der Waals surface area contributed by atoms with Crippen LogP contribution >= 0.6 is 0 Å². The molecule has 0 spiro atoms. The second kappa shape index (κ2) is 5.08. The summed E-state index contributed by atoms with van der Waals surface area (Å²) in [7, 11) is 1.04. The fourth-order valence-corrected chi connectivity index (χ4v) is 1.83. The van der Waals surface area contributed by atoms with Crippen LogP contribution in [0.25, 0.3) is 11.0 Å². The van der Waals surface area contributed by atoms with Gasteiger partial charge in [-0.05, 0) is 18.2 Å². The number of hydrogen-bond donors (Lipinski definition) is 1. The number of esters is 1. The van der Waals surface area contributed by atoms with E-state index in [4.69, 9.17) is 5.11 Å². The summed E-state index contributed by atoms with van der Waals surface area (Å²) in [6.07, 6.45) is -4.78. The fraction of sp³-hybridized carbons (Fsp3) is 0.250. The van der Waals surface area contributed by atoms with Crippen molar-refractivity contribution in [2.24, 2.45) is 0 Å². The van der Waals surface area contributed by atoms with Gasteiger partial charge in [-0.15, -0.1) is 0 Å². The Morgan fingerprint density at radius 1 is 1.38 bits per heavy atom. The van der Waals surface area contributed by atoms with Crippen LogP contribution in [0.15, 0.2) is 18.2 Å². The first-order chi connectivity index (χ1) is 9.74. The zero-order valence-corrected chi connectivity index (χ0v) is 10.6. The van der Waals surface area contributed by atoms with Crippen molar-refractivity contribution < 1.29 is 32.6 Å². The molecule has 0 saturated heterocycles. The number of imidazole rings is 1. The van der Waals surface area contributed by atoms with Gasteiger partial charge in [0.2, 0.25) is 5.82 Å². The Balaban J connectivity index is 2.70. The molecule has 21 heavy (non-hydrogen) atoms. The topological polar surface area (TPSA) is 81.4 Å². The summed E-state index contributed by atoms with van der Waals surface area (Å²) in [5.74, 6) is -3.48. The van der Waals surface area contributed by atoms with Gasteiger partial charge in [-0.2, -0.15) is 13.2 Å². The van der Waals surface area contributed by atoms with E-state index in [2.05, 4.69) is 9.72 Å². The summed E-state index contributed by atoms with van der Waals surface area (Å²) in [6.45, 7) is -0.717. The molecule has 9 heteroatoms. The van der Waals surface area contributed by atoms with E-state index in [-0.39, 0.29) is 16.6 Å². The maximum Gasteiger partial charge on any atom is 0.449 e. The monoisotopic (exact) mass is 302 g/mol. The van der Waals surface area contributed by atoms with Gasteiger partial charge in [0, 0.05) is 0 Å². The molecule has 0 aliphatic heterocycles. The molecule has 0 fully saturated rings. The summed E-state index contributed by atoms with van der Waals surface area (Å²) < 4.78 is 43.8. The van der Waals surface area contributed by atoms with E-state index in [9.17, 15) is 22.8 Å². The highest BCUT2D eigenvalue weighted by atomic mass is 19.4. The van der Waals surface area contributed by atoms with Gasteiger partial charge in [-0.1, -0.05) is 0 Å². The molecule has 112 valence electrons. The van der Waals surface area contributed by atoms with Crippen molar-refractivity contribution in [2.45, 2.75) is 12.7 Å². The average Bonchev–Trinajstić information content (AvgIpc) is 2.76. The first-order valence-electron chi connectivity index (χ1n) is 5.61. The second-order valence-electron chi connectivity index (χ2n) is 4.10. The van der Waals surface area contributed by atoms with E-state index in [0.29, 0.717) is 4.57 Å². The number of carboxylic acid groups (broad SMARTS) is 1. The van der Waals surface area contributed by atoms with E-state index in [1.54, 1.807) is 0 Å². The van der Waals surface area contributed by atoms with Crippen LogP contribution in [-0.2, 0) is 22.3 Å². The zero-order chi connectivity index (χ0) is 15.8. The van der Waals surface area contributed by atoms with Crippen LogP contribution in [-0.4, -0.2) is 33.7 Å². The van der Waals surface area contributed by atoms with Crippen LogP contribution in [0.1, 0.15) is 16.2 Å². The third kappa shape index (κ3) is 2.81. The lowest BCUT2D eigenvalue weighted by Gasteiger charge is -2.10. The number of carbonyl (C=O) groups is 2. The van der Waals surface area contributed by atoms with Crippen molar-refractivity contribution in [3.05, 3.63) is 29.6 Å². The van der Waals surface area contributed by atoms with Crippen molar-refractivity contribution in [3.8, 4) is 0 Å². The predicted molar refractivity (Wildman–Crippen MR) is 63.7 cm³/mol. The summed E-state index contributed by atoms with van der Waals surface area (Å²) in [5, 5.41) is 8.89. The van der Waals surface area contributed by atoms with Gasteiger partial charge in [-0.25, -0.2) is 9.78 Å². The van der Waals surface area contributed by atoms with E-state index in [0.717, 1.165) is 25.3 Å². The maximum absolute atomic E-state index is 12.9. The molecule has 2 aromatic rings. The van der Waals surface area contributed by atoms with Crippen molar-refractivity contribution in [1.82, 2.24) is 9.55 Å². The van der Waals surface area contributed by atoms with E-state index < -0.39 is 30.5 Å². The van der Waals surface area contributed by atoms with E-state index >= 15 is 0 Å². The first-order valence-corrected chi connectivity index (χ1v) is 5.61. The zero-order valence-electron chi connectivity index (χ0n) is 10.6. The quantitative estimate of drug-likeness (QED) is 0.876. The third-order valence-corrected chi connectivity index (χ3v) is 2.76. The molecule has 0 radical (unpaired) electrons. The molecule has 1 aromatic carbocycles. The SMILES string of the molecule is COC(=O)Cn1c(C(F)(F)F)nc2ccc(C(=O)O)cc21. The number of carbonyl (C=O) groups excluding carboxylic acids is 1. The predicted octanol–water partition coefficient (Wildman–Crippen LogP) is 1.93. The van der Waals surface area contributed by atoms with E-state index in [1.165, 1.54) is 0 Å². The number of methoxy groups -OCH3 is 1. The third-order valence-electron chi connectivity index (χ3n) is 2.76. The highest BCUT2D eigenvalue weighted by Gasteiger charge is 2.38. The van der Waals surface area contributed by atoms with Crippen LogP contribution in [0.3, 0.4) is 0 Å². The molecule has 1 heterocycles. The number of aromatic nitrogens is 2. The lowest BCUT2D eigenvalue weighted by Crippen LogP contribution is -2.19. The van der Waals surface area contributed by atoms with Crippen molar-refractivity contribution in [2.75, 3.05) is 7.11 Å². The molecule has 2 rings (SSSR count).